The Bertz CT molecular complexity index is 531. The van der Waals surface area contributed by atoms with Crippen molar-refractivity contribution in [2.75, 3.05) is 0 Å². The minimum atomic E-state index is -0.0126. The zero-order valence-electron chi connectivity index (χ0n) is 6.67. The number of rotatable bonds is 0. The molecule has 68 valence electrons. The van der Waals surface area contributed by atoms with Crippen molar-refractivity contribution in [2.24, 2.45) is 7.05 Å². The molecule has 0 amide bonds. The Balaban J connectivity index is 3.04. The molecule has 2 nitrogen and oxygen atoms in total. The first kappa shape index (κ1) is 9.24. The van der Waals surface area contributed by atoms with Gasteiger partial charge in [0, 0.05) is 13.2 Å². The Labute approximate surface area is 91.9 Å². The van der Waals surface area contributed by atoms with Crippen LogP contribution >= 0.6 is 38.9 Å². The second-order valence-electron chi connectivity index (χ2n) is 2.69. The van der Waals surface area contributed by atoms with Crippen molar-refractivity contribution in [3.8, 4) is 0 Å². The van der Waals surface area contributed by atoms with Crippen LogP contribution in [0.4, 0.5) is 0 Å². The molecule has 0 N–H and O–H groups in total. The van der Waals surface area contributed by atoms with Gasteiger partial charge in [0.15, 0.2) is 0 Å². The normalized spacial score (nSPS) is 11.0. The van der Waals surface area contributed by atoms with Crippen LogP contribution in [0.1, 0.15) is 0 Å². The topological polar surface area (TPSA) is 22.0 Å². The first-order valence-corrected chi connectivity index (χ1v) is 5.52. The van der Waals surface area contributed by atoms with Gasteiger partial charge in [-0.1, -0.05) is 11.6 Å². The summed E-state index contributed by atoms with van der Waals surface area (Å²) in [6, 6.07) is 1.80. The standard InChI is InChI=1S/C8H5BrClNOS/c1-11-3-5(10)7-4(8(11)12)2-6(9)13-7/h2-3H,1H3. The third-order valence-electron chi connectivity index (χ3n) is 1.78. The molecular weight excluding hydrogens is 274 g/mol. The Hall–Kier alpha value is -0.320. The summed E-state index contributed by atoms with van der Waals surface area (Å²) >= 11 is 10.8. The molecular formula is C8H5BrClNOS. The summed E-state index contributed by atoms with van der Waals surface area (Å²) in [5.74, 6) is 0. The molecule has 0 unspecified atom stereocenters. The summed E-state index contributed by atoms with van der Waals surface area (Å²) in [6.07, 6.45) is 1.63. The molecule has 0 aromatic carbocycles. The van der Waals surface area contributed by atoms with Crippen LogP contribution in [-0.4, -0.2) is 4.57 Å². The van der Waals surface area contributed by atoms with E-state index >= 15 is 0 Å². The average Bonchev–Trinajstić information content (AvgIpc) is 2.44. The molecule has 0 saturated heterocycles. The van der Waals surface area contributed by atoms with Crippen LogP contribution in [0.2, 0.25) is 5.02 Å². The van der Waals surface area contributed by atoms with Gasteiger partial charge in [0.05, 0.1) is 18.9 Å². The van der Waals surface area contributed by atoms with Gasteiger partial charge in [0.1, 0.15) is 0 Å². The Kier molecular flexibility index (Phi) is 2.21. The van der Waals surface area contributed by atoms with Crippen LogP contribution in [0, 0.1) is 0 Å². The maximum atomic E-state index is 11.6. The monoisotopic (exact) mass is 277 g/mol. The van der Waals surface area contributed by atoms with Crippen LogP contribution in [0.25, 0.3) is 10.1 Å². The number of aryl methyl sites for hydroxylation is 1. The summed E-state index contributed by atoms with van der Waals surface area (Å²) in [7, 11) is 1.69. The van der Waals surface area contributed by atoms with Crippen LogP contribution in [0.3, 0.4) is 0 Å². The first-order valence-electron chi connectivity index (χ1n) is 3.54. The SMILES string of the molecule is Cn1cc(Cl)c2sc(Br)cc2c1=O. The van der Waals surface area contributed by atoms with E-state index in [1.54, 1.807) is 19.3 Å². The fourth-order valence-electron chi connectivity index (χ4n) is 1.17. The Morgan fingerprint density at radius 3 is 3.00 bits per heavy atom. The zero-order valence-corrected chi connectivity index (χ0v) is 9.83. The molecule has 2 aromatic rings. The lowest BCUT2D eigenvalue weighted by atomic mass is 10.3. The van der Waals surface area contributed by atoms with Crippen LogP contribution < -0.4 is 5.56 Å². The van der Waals surface area contributed by atoms with Crippen molar-refractivity contribution in [2.45, 2.75) is 0 Å². The lowest BCUT2D eigenvalue weighted by molar-refractivity contribution is 0.874. The van der Waals surface area contributed by atoms with Crippen LogP contribution in [-0.2, 0) is 7.05 Å². The Morgan fingerprint density at radius 1 is 1.62 bits per heavy atom. The molecule has 0 saturated carbocycles. The number of nitrogens with zero attached hydrogens (tertiary/aromatic N) is 1. The number of hydrogen-bond acceptors (Lipinski definition) is 2. The number of pyridine rings is 1. The van der Waals surface area contributed by atoms with E-state index in [-0.39, 0.29) is 5.56 Å². The second-order valence-corrected chi connectivity index (χ2v) is 5.53. The van der Waals surface area contributed by atoms with Gasteiger partial charge in [0.2, 0.25) is 0 Å². The number of hydrogen-bond donors (Lipinski definition) is 0. The van der Waals surface area contributed by atoms with Crippen molar-refractivity contribution in [3.63, 3.8) is 0 Å². The molecule has 2 rings (SSSR count). The molecule has 0 radical (unpaired) electrons. The molecule has 13 heavy (non-hydrogen) atoms. The van der Waals surface area contributed by atoms with Gasteiger partial charge in [-0.2, -0.15) is 0 Å². The van der Waals surface area contributed by atoms with E-state index in [0.29, 0.717) is 10.4 Å². The molecule has 2 aromatic heterocycles. The molecule has 0 fully saturated rings. The molecule has 0 bridgehead atoms. The predicted molar refractivity (Wildman–Crippen MR) is 59.8 cm³/mol. The minimum Gasteiger partial charge on any atom is -0.316 e. The van der Waals surface area contributed by atoms with E-state index < -0.39 is 0 Å². The lowest BCUT2D eigenvalue weighted by Gasteiger charge is -1.98. The van der Waals surface area contributed by atoms with E-state index in [9.17, 15) is 4.79 Å². The highest BCUT2D eigenvalue weighted by Gasteiger charge is 2.08. The summed E-state index contributed by atoms with van der Waals surface area (Å²) in [5.41, 5.74) is -0.0126. The van der Waals surface area contributed by atoms with E-state index in [2.05, 4.69) is 15.9 Å². The summed E-state index contributed by atoms with van der Waals surface area (Å²) < 4.78 is 3.26. The maximum absolute atomic E-state index is 11.6. The zero-order chi connectivity index (χ0) is 9.59. The van der Waals surface area contributed by atoms with Gasteiger partial charge < -0.3 is 4.57 Å². The maximum Gasteiger partial charge on any atom is 0.259 e. The van der Waals surface area contributed by atoms with Gasteiger partial charge in [-0.25, -0.2) is 0 Å². The lowest BCUT2D eigenvalue weighted by Crippen LogP contribution is -2.14. The number of aromatic nitrogens is 1. The van der Waals surface area contributed by atoms with Gasteiger partial charge in [0.25, 0.3) is 5.56 Å². The summed E-state index contributed by atoms with van der Waals surface area (Å²) in [4.78, 5) is 11.6. The fourth-order valence-corrected chi connectivity index (χ4v) is 3.03. The van der Waals surface area contributed by atoms with Crippen molar-refractivity contribution >= 4 is 49.0 Å². The highest BCUT2D eigenvalue weighted by Crippen LogP contribution is 2.32. The molecule has 0 spiro atoms. The third-order valence-corrected chi connectivity index (χ3v) is 3.85. The largest absolute Gasteiger partial charge is 0.316 e. The molecule has 5 heteroatoms. The molecule has 0 aliphatic rings. The highest BCUT2D eigenvalue weighted by atomic mass is 79.9. The van der Waals surface area contributed by atoms with Crippen molar-refractivity contribution in [1.29, 1.82) is 0 Å². The van der Waals surface area contributed by atoms with E-state index in [0.717, 1.165) is 8.49 Å². The average molecular weight is 279 g/mol. The predicted octanol–water partition coefficient (Wildman–Crippen LogP) is 3.02. The molecule has 0 aliphatic carbocycles. The molecule has 2 heterocycles. The fraction of sp³-hybridized carbons (Fsp3) is 0.125. The minimum absolute atomic E-state index is 0.0126. The van der Waals surface area contributed by atoms with Gasteiger partial charge >= 0.3 is 0 Å². The van der Waals surface area contributed by atoms with Crippen LogP contribution in [0.15, 0.2) is 20.8 Å². The first-order chi connectivity index (χ1) is 6.09. The van der Waals surface area contributed by atoms with Crippen molar-refractivity contribution in [1.82, 2.24) is 4.57 Å². The van der Waals surface area contributed by atoms with Crippen molar-refractivity contribution in [3.05, 3.63) is 31.4 Å². The summed E-state index contributed by atoms with van der Waals surface area (Å²) in [5, 5.41) is 1.29. The number of halogens is 2. The molecule has 0 aliphatic heterocycles. The van der Waals surface area contributed by atoms with E-state index in [4.69, 9.17) is 11.6 Å². The Morgan fingerprint density at radius 2 is 2.31 bits per heavy atom. The van der Waals surface area contributed by atoms with Gasteiger partial charge in [-0.05, 0) is 22.0 Å². The highest BCUT2D eigenvalue weighted by molar-refractivity contribution is 9.11. The second kappa shape index (κ2) is 3.12. The molecule has 0 atom stereocenters. The van der Waals surface area contributed by atoms with E-state index in [1.165, 1.54) is 15.9 Å². The number of thiophene rings is 1. The van der Waals surface area contributed by atoms with Gasteiger partial charge in [-0.15, -0.1) is 11.3 Å². The third kappa shape index (κ3) is 1.43. The van der Waals surface area contributed by atoms with Gasteiger partial charge in [-0.3, -0.25) is 4.79 Å². The smallest absolute Gasteiger partial charge is 0.259 e. The van der Waals surface area contributed by atoms with Crippen molar-refractivity contribution < 1.29 is 0 Å². The van der Waals surface area contributed by atoms with E-state index in [1.807, 2.05) is 0 Å². The van der Waals surface area contributed by atoms with Crippen LogP contribution in [0.5, 0.6) is 0 Å². The quantitative estimate of drug-likeness (QED) is 0.726. The summed E-state index contributed by atoms with van der Waals surface area (Å²) in [6.45, 7) is 0. The number of fused-ring (bicyclic) bond motifs is 1.